The van der Waals surface area contributed by atoms with Gasteiger partial charge in [0.15, 0.2) is 0 Å². The van der Waals surface area contributed by atoms with Crippen molar-refractivity contribution in [3.05, 3.63) is 0 Å². The van der Waals surface area contributed by atoms with Gasteiger partial charge in [-0.2, -0.15) is 0 Å². The maximum Gasteiger partial charge on any atom is 0.303 e. The zero-order valence-corrected chi connectivity index (χ0v) is 9.22. The number of aliphatic carboxylic acids is 1. The Balaban J connectivity index is 1.91. The number of carbonyl (C=O) groups is 2. The number of amides is 1. The minimum absolute atomic E-state index is 0.0393. The summed E-state index contributed by atoms with van der Waals surface area (Å²) in [6.45, 7) is 1.19. The molecule has 5 nitrogen and oxygen atoms in total. The summed E-state index contributed by atoms with van der Waals surface area (Å²) in [7, 11) is 0. The van der Waals surface area contributed by atoms with Crippen molar-refractivity contribution in [3.8, 4) is 0 Å². The third-order valence-corrected chi connectivity index (χ3v) is 3.36. The van der Waals surface area contributed by atoms with Crippen molar-refractivity contribution in [2.24, 2.45) is 0 Å². The Morgan fingerprint density at radius 3 is 2.88 bits per heavy atom. The number of morpholine rings is 1. The molecular weight excluding hydrogens is 210 g/mol. The van der Waals surface area contributed by atoms with Crippen LogP contribution in [-0.4, -0.2) is 47.2 Å². The Morgan fingerprint density at radius 1 is 1.31 bits per heavy atom. The minimum atomic E-state index is -0.912. The van der Waals surface area contributed by atoms with Crippen LogP contribution in [0, 0.1) is 0 Å². The van der Waals surface area contributed by atoms with Gasteiger partial charge in [0.25, 0.3) is 0 Å². The normalized spacial score (nSPS) is 28.9. The smallest absolute Gasteiger partial charge is 0.303 e. The van der Waals surface area contributed by atoms with Crippen molar-refractivity contribution in [1.82, 2.24) is 4.90 Å². The number of hydrogen-bond acceptors (Lipinski definition) is 3. The molecule has 16 heavy (non-hydrogen) atoms. The van der Waals surface area contributed by atoms with Crippen LogP contribution in [0.4, 0.5) is 0 Å². The molecule has 2 rings (SSSR count). The number of rotatable bonds is 3. The molecule has 1 aliphatic heterocycles. The highest BCUT2D eigenvalue weighted by atomic mass is 16.5. The van der Waals surface area contributed by atoms with Gasteiger partial charge in [-0.3, -0.25) is 9.59 Å². The molecule has 1 amide bonds. The van der Waals surface area contributed by atoms with Gasteiger partial charge in [-0.05, 0) is 19.3 Å². The van der Waals surface area contributed by atoms with Gasteiger partial charge in [-0.1, -0.05) is 0 Å². The van der Waals surface area contributed by atoms with Gasteiger partial charge >= 0.3 is 5.97 Å². The number of carboxylic acid groups (broad SMARTS) is 1. The van der Waals surface area contributed by atoms with Gasteiger partial charge in [0.2, 0.25) is 5.91 Å². The lowest BCUT2D eigenvalue weighted by molar-refractivity contribution is -0.147. The molecule has 90 valence electrons. The molecular formula is C11H17NO4. The molecule has 0 aromatic carbocycles. The predicted octanol–water partition coefficient (Wildman–Crippen LogP) is 0.631. The van der Waals surface area contributed by atoms with Crippen LogP contribution in [0.3, 0.4) is 0 Å². The first kappa shape index (κ1) is 11.4. The van der Waals surface area contributed by atoms with E-state index < -0.39 is 5.97 Å². The summed E-state index contributed by atoms with van der Waals surface area (Å²) >= 11 is 0. The van der Waals surface area contributed by atoms with E-state index >= 15 is 0 Å². The van der Waals surface area contributed by atoms with E-state index in [2.05, 4.69) is 0 Å². The number of carbonyl (C=O) groups excluding carboxylic acids is 1. The summed E-state index contributed by atoms with van der Waals surface area (Å²) in [6.07, 6.45) is 3.32. The number of fused-ring (bicyclic) bond motifs is 1. The highest BCUT2D eigenvalue weighted by Crippen LogP contribution is 2.30. The number of carboxylic acids is 1. The Bertz CT molecular complexity index is 292. The first-order valence-electron chi connectivity index (χ1n) is 5.81. The highest BCUT2D eigenvalue weighted by Gasteiger charge is 2.38. The fourth-order valence-electron chi connectivity index (χ4n) is 2.59. The van der Waals surface area contributed by atoms with E-state index in [1.165, 1.54) is 0 Å². The molecule has 1 N–H and O–H groups in total. The summed E-state index contributed by atoms with van der Waals surface area (Å²) in [5.74, 6) is -0.952. The fraction of sp³-hybridized carbons (Fsp3) is 0.818. The summed E-state index contributed by atoms with van der Waals surface area (Å²) in [5.41, 5.74) is 0. The van der Waals surface area contributed by atoms with E-state index in [1.807, 2.05) is 4.90 Å². The summed E-state index contributed by atoms with van der Waals surface area (Å²) in [4.78, 5) is 24.1. The Hall–Kier alpha value is -1.10. The lowest BCUT2D eigenvalue weighted by atomic mass is 10.1. The molecule has 2 fully saturated rings. The Kier molecular flexibility index (Phi) is 3.43. The average molecular weight is 227 g/mol. The first-order valence-corrected chi connectivity index (χ1v) is 5.81. The number of hydrogen-bond donors (Lipinski definition) is 1. The van der Waals surface area contributed by atoms with Crippen molar-refractivity contribution in [3.63, 3.8) is 0 Å². The second kappa shape index (κ2) is 4.82. The van der Waals surface area contributed by atoms with Crippen molar-refractivity contribution in [1.29, 1.82) is 0 Å². The van der Waals surface area contributed by atoms with Gasteiger partial charge < -0.3 is 14.7 Å². The SMILES string of the molecule is O=C(O)CCC(=O)N1CCOC2CCCC21. The average Bonchev–Trinajstić information content (AvgIpc) is 2.73. The van der Waals surface area contributed by atoms with Gasteiger partial charge in [0, 0.05) is 13.0 Å². The van der Waals surface area contributed by atoms with Crippen molar-refractivity contribution in [2.45, 2.75) is 44.2 Å². The molecule has 2 unspecified atom stereocenters. The predicted molar refractivity (Wildman–Crippen MR) is 56.0 cm³/mol. The Morgan fingerprint density at radius 2 is 2.12 bits per heavy atom. The van der Waals surface area contributed by atoms with E-state index in [-0.39, 0.29) is 30.9 Å². The van der Waals surface area contributed by atoms with E-state index in [9.17, 15) is 9.59 Å². The van der Waals surface area contributed by atoms with Crippen molar-refractivity contribution in [2.75, 3.05) is 13.2 Å². The van der Waals surface area contributed by atoms with Crippen molar-refractivity contribution < 1.29 is 19.4 Å². The molecule has 0 aromatic rings. The standard InChI is InChI=1S/C11H17NO4/c13-10(4-5-11(14)15)12-6-7-16-9-3-1-2-8(9)12/h8-9H,1-7H2,(H,14,15). The second-order valence-electron chi connectivity index (χ2n) is 4.39. The molecule has 1 saturated heterocycles. The molecule has 0 radical (unpaired) electrons. The second-order valence-corrected chi connectivity index (χ2v) is 4.39. The molecule has 5 heteroatoms. The van der Waals surface area contributed by atoms with E-state index in [4.69, 9.17) is 9.84 Å². The highest BCUT2D eigenvalue weighted by molar-refractivity contribution is 5.81. The van der Waals surface area contributed by atoms with E-state index in [0.717, 1.165) is 19.3 Å². The van der Waals surface area contributed by atoms with Crippen LogP contribution in [0.25, 0.3) is 0 Å². The lowest BCUT2D eigenvalue weighted by Crippen LogP contribution is -2.51. The van der Waals surface area contributed by atoms with Gasteiger partial charge in [-0.15, -0.1) is 0 Å². The van der Waals surface area contributed by atoms with Gasteiger partial charge in [0.05, 0.1) is 25.2 Å². The lowest BCUT2D eigenvalue weighted by Gasteiger charge is -2.37. The van der Waals surface area contributed by atoms with E-state index in [1.54, 1.807) is 0 Å². The van der Waals surface area contributed by atoms with Crippen LogP contribution in [-0.2, 0) is 14.3 Å². The third-order valence-electron chi connectivity index (χ3n) is 3.36. The number of nitrogens with zero attached hydrogens (tertiary/aromatic N) is 1. The molecule has 2 aliphatic rings. The molecule has 0 bridgehead atoms. The fourth-order valence-corrected chi connectivity index (χ4v) is 2.59. The van der Waals surface area contributed by atoms with Crippen LogP contribution in [0.15, 0.2) is 0 Å². The third kappa shape index (κ3) is 2.35. The van der Waals surface area contributed by atoms with Crippen LogP contribution >= 0.6 is 0 Å². The zero-order valence-electron chi connectivity index (χ0n) is 9.22. The topological polar surface area (TPSA) is 66.8 Å². The zero-order chi connectivity index (χ0) is 11.5. The first-order chi connectivity index (χ1) is 7.68. The van der Waals surface area contributed by atoms with Crippen LogP contribution < -0.4 is 0 Å². The quantitative estimate of drug-likeness (QED) is 0.768. The van der Waals surface area contributed by atoms with Crippen LogP contribution in [0.5, 0.6) is 0 Å². The molecule has 0 aromatic heterocycles. The maximum absolute atomic E-state index is 11.9. The van der Waals surface area contributed by atoms with Crippen LogP contribution in [0.1, 0.15) is 32.1 Å². The number of ether oxygens (including phenoxy) is 1. The molecule has 1 saturated carbocycles. The van der Waals surface area contributed by atoms with Crippen LogP contribution in [0.2, 0.25) is 0 Å². The summed E-state index contributed by atoms with van der Waals surface area (Å²) in [5, 5.41) is 8.55. The molecule has 1 heterocycles. The summed E-state index contributed by atoms with van der Waals surface area (Å²) in [6, 6.07) is 0.190. The van der Waals surface area contributed by atoms with Crippen molar-refractivity contribution >= 4 is 11.9 Å². The minimum Gasteiger partial charge on any atom is -0.481 e. The largest absolute Gasteiger partial charge is 0.481 e. The van der Waals surface area contributed by atoms with Gasteiger partial charge in [0.1, 0.15) is 0 Å². The van der Waals surface area contributed by atoms with Gasteiger partial charge in [-0.25, -0.2) is 0 Å². The monoisotopic (exact) mass is 227 g/mol. The molecule has 2 atom stereocenters. The molecule has 1 aliphatic carbocycles. The maximum atomic E-state index is 11.9. The van der Waals surface area contributed by atoms with E-state index in [0.29, 0.717) is 13.2 Å². The summed E-state index contributed by atoms with van der Waals surface area (Å²) < 4.78 is 5.60. The molecule has 0 spiro atoms. The Labute approximate surface area is 94.4 Å².